The SMILES string of the molecule is C=CC(=O)N1CCC(C(=O)Nn2cnc3sc(CC)cc3c2=O)CC1. The van der Waals surface area contributed by atoms with Crippen molar-refractivity contribution >= 4 is 33.4 Å². The summed E-state index contributed by atoms with van der Waals surface area (Å²) in [6.45, 7) is 6.52. The summed E-state index contributed by atoms with van der Waals surface area (Å²) in [6.07, 6.45) is 4.61. The zero-order valence-corrected chi connectivity index (χ0v) is 14.8. The highest BCUT2D eigenvalue weighted by atomic mass is 32.1. The van der Waals surface area contributed by atoms with Gasteiger partial charge in [0.1, 0.15) is 11.2 Å². The standard InChI is InChI=1S/C17H20N4O3S/c1-3-12-9-13-16(25-12)18-10-21(17(13)24)19-15(23)11-5-7-20(8-6-11)14(22)4-2/h4,9-11H,2-3,5-8H2,1H3,(H,19,23). The molecule has 0 aliphatic carbocycles. The van der Waals surface area contributed by atoms with Crippen LogP contribution in [-0.2, 0) is 16.0 Å². The lowest BCUT2D eigenvalue weighted by Crippen LogP contribution is -2.43. The molecule has 3 rings (SSSR count). The van der Waals surface area contributed by atoms with E-state index in [1.807, 2.05) is 13.0 Å². The average molecular weight is 360 g/mol. The third-order valence-electron chi connectivity index (χ3n) is 4.43. The third kappa shape index (κ3) is 3.48. The molecule has 0 saturated carbocycles. The average Bonchev–Trinajstić information content (AvgIpc) is 3.07. The molecular formula is C17H20N4O3S. The van der Waals surface area contributed by atoms with E-state index in [0.29, 0.717) is 36.1 Å². The van der Waals surface area contributed by atoms with Crippen LogP contribution in [0.15, 0.2) is 29.8 Å². The Labute approximate surface area is 148 Å². The first-order valence-electron chi connectivity index (χ1n) is 8.25. The van der Waals surface area contributed by atoms with Crippen molar-refractivity contribution in [2.45, 2.75) is 26.2 Å². The molecule has 25 heavy (non-hydrogen) atoms. The van der Waals surface area contributed by atoms with Gasteiger partial charge in [0.05, 0.1) is 5.39 Å². The van der Waals surface area contributed by atoms with E-state index in [-0.39, 0.29) is 23.3 Å². The zero-order chi connectivity index (χ0) is 18.0. The molecule has 1 N–H and O–H groups in total. The first-order chi connectivity index (χ1) is 12.0. The Kier molecular flexibility index (Phi) is 4.98. The molecule has 1 aliphatic rings. The second-order valence-electron chi connectivity index (χ2n) is 5.98. The van der Waals surface area contributed by atoms with E-state index in [4.69, 9.17) is 0 Å². The summed E-state index contributed by atoms with van der Waals surface area (Å²) in [5.74, 6) is -0.570. The highest BCUT2D eigenvalue weighted by molar-refractivity contribution is 7.18. The first-order valence-corrected chi connectivity index (χ1v) is 9.07. The van der Waals surface area contributed by atoms with Crippen LogP contribution in [0, 0.1) is 5.92 Å². The Balaban J connectivity index is 1.70. The van der Waals surface area contributed by atoms with Crippen LogP contribution in [0.5, 0.6) is 0 Å². The van der Waals surface area contributed by atoms with Crippen LogP contribution in [0.1, 0.15) is 24.6 Å². The van der Waals surface area contributed by atoms with E-state index in [0.717, 1.165) is 16.0 Å². The highest BCUT2D eigenvalue weighted by Crippen LogP contribution is 2.21. The molecule has 0 aromatic carbocycles. The third-order valence-corrected chi connectivity index (χ3v) is 5.62. The van der Waals surface area contributed by atoms with Gasteiger partial charge >= 0.3 is 0 Å². The normalized spacial score (nSPS) is 15.3. The summed E-state index contributed by atoms with van der Waals surface area (Å²) in [5, 5.41) is 0.524. The van der Waals surface area contributed by atoms with Gasteiger partial charge in [0.25, 0.3) is 5.56 Å². The second-order valence-corrected chi connectivity index (χ2v) is 7.10. The van der Waals surface area contributed by atoms with E-state index in [1.54, 1.807) is 4.90 Å². The number of fused-ring (bicyclic) bond motifs is 1. The molecule has 0 radical (unpaired) electrons. The number of aromatic nitrogens is 2. The lowest BCUT2D eigenvalue weighted by Gasteiger charge is -2.30. The summed E-state index contributed by atoms with van der Waals surface area (Å²) in [6, 6.07) is 1.83. The Hall–Kier alpha value is -2.48. The van der Waals surface area contributed by atoms with Gasteiger partial charge in [0.15, 0.2) is 0 Å². The number of carbonyl (C=O) groups excluding carboxylic acids is 2. The van der Waals surface area contributed by atoms with E-state index in [1.165, 1.54) is 23.7 Å². The lowest BCUT2D eigenvalue weighted by atomic mass is 9.96. The Morgan fingerprint density at radius 2 is 2.16 bits per heavy atom. The van der Waals surface area contributed by atoms with Crippen molar-refractivity contribution in [1.82, 2.24) is 14.6 Å². The van der Waals surface area contributed by atoms with E-state index in [9.17, 15) is 14.4 Å². The minimum atomic E-state index is -0.270. The van der Waals surface area contributed by atoms with Crippen LogP contribution in [0.2, 0.25) is 0 Å². The minimum absolute atomic E-state index is 0.117. The molecule has 0 bridgehead atoms. The predicted octanol–water partition coefficient (Wildman–Crippen LogP) is 1.52. The van der Waals surface area contributed by atoms with Crippen molar-refractivity contribution in [2.75, 3.05) is 18.5 Å². The van der Waals surface area contributed by atoms with Crippen molar-refractivity contribution in [3.05, 3.63) is 40.3 Å². The lowest BCUT2D eigenvalue weighted by molar-refractivity contribution is -0.130. The van der Waals surface area contributed by atoms with Gasteiger partial charge in [-0.3, -0.25) is 19.8 Å². The molecule has 2 amide bonds. The molecule has 1 fully saturated rings. The van der Waals surface area contributed by atoms with E-state index >= 15 is 0 Å². The van der Waals surface area contributed by atoms with Crippen LogP contribution >= 0.6 is 11.3 Å². The van der Waals surface area contributed by atoms with Crippen molar-refractivity contribution in [3.63, 3.8) is 0 Å². The summed E-state index contributed by atoms with van der Waals surface area (Å²) < 4.78 is 1.15. The summed E-state index contributed by atoms with van der Waals surface area (Å²) in [5.41, 5.74) is 2.37. The molecule has 132 valence electrons. The number of thiophene rings is 1. The molecule has 1 aliphatic heterocycles. The molecule has 0 unspecified atom stereocenters. The molecule has 3 heterocycles. The van der Waals surface area contributed by atoms with Crippen molar-refractivity contribution in [1.29, 1.82) is 0 Å². The van der Waals surface area contributed by atoms with Crippen LogP contribution < -0.4 is 11.0 Å². The van der Waals surface area contributed by atoms with Gasteiger partial charge in [0, 0.05) is 23.9 Å². The van der Waals surface area contributed by atoms with Crippen LogP contribution in [-0.4, -0.2) is 39.5 Å². The maximum absolute atomic E-state index is 12.5. The van der Waals surface area contributed by atoms with Crippen molar-refractivity contribution in [2.24, 2.45) is 5.92 Å². The van der Waals surface area contributed by atoms with Crippen LogP contribution in [0.4, 0.5) is 0 Å². The number of aryl methyl sites for hydroxylation is 1. The molecule has 2 aromatic rings. The van der Waals surface area contributed by atoms with Gasteiger partial charge in [0.2, 0.25) is 11.8 Å². The van der Waals surface area contributed by atoms with Gasteiger partial charge in [-0.05, 0) is 31.4 Å². The fourth-order valence-electron chi connectivity index (χ4n) is 2.93. The number of piperidine rings is 1. The number of rotatable bonds is 4. The minimum Gasteiger partial charge on any atom is -0.339 e. The molecule has 1 saturated heterocycles. The zero-order valence-electron chi connectivity index (χ0n) is 14.0. The number of carbonyl (C=O) groups is 2. The van der Waals surface area contributed by atoms with E-state index < -0.39 is 0 Å². The largest absolute Gasteiger partial charge is 0.339 e. The Morgan fingerprint density at radius 1 is 1.44 bits per heavy atom. The van der Waals surface area contributed by atoms with Crippen molar-refractivity contribution in [3.8, 4) is 0 Å². The summed E-state index contributed by atoms with van der Waals surface area (Å²) in [4.78, 5) is 44.2. The van der Waals surface area contributed by atoms with Gasteiger partial charge < -0.3 is 4.90 Å². The van der Waals surface area contributed by atoms with E-state index in [2.05, 4.69) is 17.0 Å². The number of likely N-dealkylation sites (tertiary alicyclic amines) is 1. The smallest absolute Gasteiger partial charge is 0.280 e. The molecule has 0 atom stereocenters. The summed E-state index contributed by atoms with van der Waals surface area (Å²) in [7, 11) is 0. The number of nitrogens with one attached hydrogen (secondary N) is 1. The van der Waals surface area contributed by atoms with Gasteiger partial charge in [-0.15, -0.1) is 11.3 Å². The molecular weight excluding hydrogens is 340 g/mol. The molecule has 2 aromatic heterocycles. The number of hydrogen-bond donors (Lipinski definition) is 1. The predicted molar refractivity (Wildman–Crippen MR) is 97.1 cm³/mol. The number of nitrogens with zero attached hydrogens (tertiary/aromatic N) is 3. The fraction of sp³-hybridized carbons (Fsp3) is 0.412. The van der Waals surface area contributed by atoms with Crippen LogP contribution in [0.3, 0.4) is 0 Å². The van der Waals surface area contributed by atoms with Crippen LogP contribution in [0.25, 0.3) is 10.2 Å². The highest BCUT2D eigenvalue weighted by Gasteiger charge is 2.27. The number of hydrogen-bond acceptors (Lipinski definition) is 5. The molecule has 0 spiro atoms. The maximum atomic E-state index is 12.5. The number of amides is 2. The van der Waals surface area contributed by atoms with Gasteiger partial charge in [-0.1, -0.05) is 13.5 Å². The second kappa shape index (κ2) is 7.18. The first kappa shape index (κ1) is 17.3. The molecule has 8 heteroatoms. The van der Waals surface area contributed by atoms with Gasteiger partial charge in [-0.2, -0.15) is 0 Å². The Morgan fingerprint density at radius 3 is 2.80 bits per heavy atom. The van der Waals surface area contributed by atoms with Crippen molar-refractivity contribution < 1.29 is 9.59 Å². The summed E-state index contributed by atoms with van der Waals surface area (Å²) >= 11 is 1.49. The van der Waals surface area contributed by atoms with Gasteiger partial charge in [-0.25, -0.2) is 9.66 Å². The quantitative estimate of drug-likeness (QED) is 0.838. The topological polar surface area (TPSA) is 84.3 Å². The maximum Gasteiger partial charge on any atom is 0.280 e. The Bertz CT molecular complexity index is 878. The molecule has 7 nitrogen and oxygen atoms in total. The monoisotopic (exact) mass is 360 g/mol. The fourth-order valence-corrected chi connectivity index (χ4v) is 3.85.